The number of carbonyl (C=O) groups excluding carboxylic acids is 1. The minimum Gasteiger partial charge on any atom is -0.468 e. The zero-order valence-electron chi connectivity index (χ0n) is 10.5. The molecule has 2 rings (SSSR count). The lowest BCUT2D eigenvalue weighted by molar-refractivity contribution is -0.141. The number of esters is 1. The first-order chi connectivity index (χ1) is 8.74. The predicted molar refractivity (Wildman–Crippen MR) is 66.9 cm³/mol. The lowest BCUT2D eigenvalue weighted by Crippen LogP contribution is -2.12. The Kier molecular flexibility index (Phi) is 3.72. The standard InChI is InChI=1S/C13H15N3O2/c1-3-10-4-5-11(15-8-10)13-14-6-7-16(13)9-12(17)18-2/h4-8H,3,9H2,1-2H3. The van der Waals surface area contributed by atoms with Crippen molar-refractivity contribution in [3.8, 4) is 11.5 Å². The zero-order valence-corrected chi connectivity index (χ0v) is 10.5. The Morgan fingerprint density at radius 2 is 2.22 bits per heavy atom. The maximum Gasteiger partial charge on any atom is 0.325 e. The molecule has 0 radical (unpaired) electrons. The number of aromatic nitrogens is 3. The fourth-order valence-corrected chi connectivity index (χ4v) is 1.64. The van der Waals surface area contributed by atoms with Crippen LogP contribution in [0.4, 0.5) is 0 Å². The van der Waals surface area contributed by atoms with Crippen molar-refractivity contribution in [2.45, 2.75) is 19.9 Å². The summed E-state index contributed by atoms with van der Waals surface area (Å²) >= 11 is 0. The summed E-state index contributed by atoms with van der Waals surface area (Å²) in [7, 11) is 1.37. The van der Waals surface area contributed by atoms with E-state index in [0.29, 0.717) is 5.82 Å². The molecule has 2 heterocycles. The van der Waals surface area contributed by atoms with Gasteiger partial charge in [0.25, 0.3) is 0 Å². The van der Waals surface area contributed by atoms with Crippen LogP contribution in [0.2, 0.25) is 0 Å². The van der Waals surface area contributed by atoms with E-state index in [9.17, 15) is 4.79 Å². The summed E-state index contributed by atoms with van der Waals surface area (Å²) in [5.74, 6) is 0.363. The van der Waals surface area contributed by atoms with E-state index in [0.717, 1.165) is 12.1 Å². The number of aryl methyl sites for hydroxylation is 1. The second-order valence-electron chi connectivity index (χ2n) is 3.86. The molecule has 0 aliphatic heterocycles. The minimum atomic E-state index is -0.306. The van der Waals surface area contributed by atoms with Crippen molar-refractivity contribution in [1.82, 2.24) is 14.5 Å². The topological polar surface area (TPSA) is 57.0 Å². The molecule has 0 amide bonds. The lowest BCUT2D eigenvalue weighted by atomic mass is 10.2. The Labute approximate surface area is 105 Å². The van der Waals surface area contributed by atoms with Crippen LogP contribution in [-0.2, 0) is 22.5 Å². The molecule has 94 valence electrons. The van der Waals surface area contributed by atoms with Gasteiger partial charge in [-0.3, -0.25) is 9.78 Å². The first-order valence-electron chi connectivity index (χ1n) is 5.78. The van der Waals surface area contributed by atoms with Gasteiger partial charge in [0, 0.05) is 18.6 Å². The number of ether oxygens (including phenoxy) is 1. The van der Waals surface area contributed by atoms with Gasteiger partial charge in [-0.25, -0.2) is 4.98 Å². The van der Waals surface area contributed by atoms with Gasteiger partial charge in [0.2, 0.25) is 0 Å². The molecule has 2 aromatic heterocycles. The number of hydrogen-bond donors (Lipinski definition) is 0. The van der Waals surface area contributed by atoms with Gasteiger partial charge in [0.1, 0.15) is 12.2 Å². The van der Waals surface area contributed by atoms with Gasteiger partial charge >= 0.3 is 5.97 Å². The van der Waals surface area contributed by atoms with Crippen LogP contribution in [0.25, 0.3) is 11.5 Å². The van der Waals surface area contributed by atoms with E-state index in [1.165, 1.54) is 12.7 Å². The molecular weight excluding hydrogens is 230 g/mol. The van der Waals surface area contributed by atoms with Crippen LogP contribution in [-0.4, -0.2) is 27.6 Å². The van der Waals surface area contributed by atoms with E-state index >= 15 is 0 Å². The van der Waals surface area contributed by atoms with E-state index < -0.39 is 0 Å². The Hall–Kier alpha value is -2.17. The molecule has 2 aromatic rings. The second-order valence-corrected chi connectivity index (χ2v) is 3.86. The van der Waals surface area contributed by atoms with E-state index in [2.05, 4.69) is 21.6 Å². The van der Waals surface area contributed by atoms with Crippen LogP contribution in [0.1, 0.15) is 12.5 Å². The van der Waals surface area contributed by atoms with E-state index in [4.69, 9.17) is 0 Å². The van der Waals surface area contributed by atoms with E-state index in [1.807, 2.05) is 18.3 Å². The SMILES string of the molecule is CCc1ccc(-c2nccn2CC(=O)OC)nc1. The monoisotopic (exact) mass is 245 g/mol. The number of hydrogen-bond acceptors (Lipinski definition) is 4. The van der Waals surface area contributed by atoms with Crippen molar-refractivity contribution in [3.05, 3.63) is 36.3 Å². The molecule has 0 aromatic carbocycles. The van der Waals surface area contributed by atoms with Crippen molar-refractivity contribution >= 4 is 5.97 Å². The molecule has 0 atom stereocenters. The number of rotatable bonds is 4. The third-order valence-corrected chi connectivity index (χ3v) is 2.70. The van der Waals surface area contributed by atoms with Gasteiger partial charge in [-0.05, 0) is 18.1 Å². The first kappa shape index (κ1) is 12.3. The summed E-state index contributed by atoms with van der Waals surface area (Å²) in [5.41, 5.74) is 1.92. The number of imidazole rings is 1. The molecule has 0 saturated heterocycles. The van der Waals surface area contributed by atoms with Crippen LogP contribution in [0.15, 0.2) is 30.7 Å². The number of pyridine rings is 1. The first-order valence-corrected chi connectivity index (χ1v) is 5.78. The molecule has 5 nitrogen and oxygen atoms in total. The predicted octanol–water partition coefficient (Wildman–Crippen LogP) is 1.68. The lowest BCUT2D eigenvalue weighted by Gasteiger charge is -2.06. The highest BCUT2D eigenvalue weighted by atomic mass is 16.5. The fraction of sp³-hybridized carbons (Fsp3) is 0.308. The zero-order chi connectivity index (χ0) is 13.0. The molecular formula is C13H15N3O2. The summed E-state index contributed by atoms with van der Waals surface area (Å²) in [6.45, 7) is 2.22. The minimum absolute atomic E-state index is 0.142. The van der Waals surface area contributed by atoms with Gasteiger partial charge < -0.3 is 9.30 Å². The third kappa shape index (κ3) is 2.56. The number of methoxy groups -OCH3 is 1. The summed E-state index contributed by atoms with van der Waals surface area (Å²) in [5, 5.41) is 0. The molecule has 0 N–H and O–H groups in total. The van der Waals surface area contributed by atoms with Crippen molar-refractivity contribution in [1.29, 1.82) is 0 Å². The maximum absolute atomic E-state index is 11.3. The van der Waals surface area contributed by atoms with Crippen molar-refractivity contribution in [2.75, 3.05) is 7.11 Å². The van der Waals surface area contributed by atoms with Crippen LogP contribution < -0.4 is 0 Å². The smallest absolute Gasteiger partial charge is 0.325 e. The highest BCUT2D eigenvalue weighted by Crippen LogP contribution is 2.15. The quantitative estimate of drug-likeness (QED) is 0.769. The third-order valence-electron chi connectivity index (χ3n) is 2.70. The Bertz CT molecular complexity index is 531. The molecule has 0 fully saturated rings. The molecule has 0 aliphatic carbocycles. The maximum atomic E-state index is 11.3. The molecule has 0 saturated carbocycles. The van der Waals surface area contributed by atoms with Gasteiger partial charge in [-0.2, -0.15) is 0 Å². The normalized spacial score (nSPS) is 10.3. The van der Waals surface area contributed by atoms with Crippen molar-refractivity contribution in [2.24, 2.45) is 0 Å². The average molecular weight is 245 g/mol. The molecule has 5 heteroatoms. The number of nitrogens with zero attached hydrogens (tertiary/aromatic N) is 3. The van der Waals surface area contributed by atoms with E-state index in [-0.39, 0.29) is 12.5 Å². The summed E-state index contributed by atoms with van der Waals surface area (Å²) < 4.78 is 6.36. The van der Waals surface area contributed by atoms with Gasteiger partial charge in [-0.1, -0.05) is 13.0 Å². The summed E-state index contributed by atoms with van der Waals surface area (Å²) in [6, 6.07) is 3.93. The highest BCUT2D eigenvalue weighted by molar-refractivity contribution is 5.70. The average Bonchev–Trinajstić information content (AvgIpc) is 2.86. The highest BCUT2D eigenvalue weighted by Gasteiger charge is 2.10. The van der Waals surface area contributed by atoms with Crippen molar-refractivity contribution in [3.63, 3.8) is 0 Å². The van der Waals surface area contributed by atoms with Gasteiger partial charge in [0.15, 0.2) is 5.82 Å². The Morgan fingerprint density at radius 1 is 1.39 bits per heavy atom. The molecule has 18 heavy (non-hydrogen) atoms. The van der Waals surface area contributed by atoms with Gasteiger partial charge in [-0.15, -0.1) is 0 Å². The number of carbonyl (C=O) groups is 1. The molecule has 0 aliphatic rings. The molecule has 0 spiro atoms. The Morgan fingerprint density at radius 3 is 2.83 bits per heavy atom. The Balaban J connectivity index is 2.27. The van der Waals surface area contributed by atoms with Crippen LogP contribution in [0.3, 0.4) is 0 Å². The summed E-state index contributed by atoms with van der Waals surface area (Å²) in [6.07, 6.45) is 6.16. The second kappa shape index (κ2) is 5.44. The van der Waals surface area contributed by atoms with Crippen LogP contribution in [0, 0.1) is 0 Å². The van der Waals surface area contributed by atoms with E-state index in [1.54, 1.807) is 17.0 Å². The largest absolute Gasteiger partial charge is 0.468 e. The van der Waals surface area contributed by atoms with Crippen LogP contribution >= 0.6 is 0 Å². The van der Waals surface area contributed by atoms with Crippen LogP contribution in [0.5, 0.6) is 0 Å². The molecule has 0 bridgehead atoms. The summed E-state index contributed by atoms with van der Waals surface area (Å²) in [4.78, 5) is 19.8. The molecule has 0 unspecified atom stereocenters. The fourth-order valence-electron chi connectivity index (χ4n) is 1.64. The van der Waals surface area contributed by atoms with Gasteiger partial charge in [0.05, 0.1) is 7.11 Å². The van der Waals surface area contributed by atoms with Crippen molar-refractivity contribution < 1.29 is 9.53 Å².